The first-order chi connectivity index (χ1) is 9.36. The van der Waals surface area contributed by atoms with Crippen molar-refractivity contribution < 1.29 is 17.6 Å². The summed E-state index contributed by atoms with van der Waals surface area (Å²) in [5, 5.41) is 5.03. The van der Waals surface area contributed by atoms with Gasteiger partial charge in [0.15, 0.2) is 0 Å². The fourth-order valence-electron chi connectivity index (χ4n) is 2.08. The van der Waals surface area contributed by atoms with Crippen molar-refractivity contribution in [1.29, 1.82) is 0 Å². The third-order valence-electron chi connectivity index (χ3n) is 3.22. The third-order valence-corrected chi connectivity index (χ3v) is 4.30. The molecule has 0 radical (unpaired) electrons. The maximum atomic E-state index is 12.8. The molecule has 1 aromatic carbocycles. The minimum absolute atomic E-state index is 0.106. The number of hydrogen-bond donors (Lipinski definition) is 1. The molecule has 8 heteroatoms. The van der Waals surface area contributed by atoms with Gasteiger partial charge in [0.1, 0.15) is 5.82 Å². The Hall–Kier alpha value is -1.51. The number of hydrogen-bond acceptors (Lipinski definition) is 3. The summed E-state index contributed by atoms with van der Waals surface area (Å²) < 4.78 is 36.2. The first-order valence-electron chi connectivity index (χ1n) is 6.16. The molecule has 2 rings (SSSR count). The van der Waals surface area contributed by atoms with Gasteiger partial charge in [-0.3, -0.25) is 4.79 Å². The van der Waals surface area contributed by atoms with E-state index in [-0.39, 0.29) is 31.2 Å². The summed E-state index contributed by atoms with van der Waals surface area (Å²) in [4.78, 5) is 13.6. The summed E-state index contributed by atoms with van der Waals surface area (Å²) in [6.45, 7) is 1.04. The summed E-state index contributed by atoms with van der Waals surface area (Å²) in [6, 6.07) is 5.74. The Bertz CT molecular complexity index is 580. The van der Waals surface area contributed by atoms with Gasteiger partial charge in [-0.05, 0) is 17.7 Å². The number of amides is 1. The zero-order chi connectivity index (χ0) is 14.8. The largest absolute Gasteiger partial charge is 0.340 e. The minimum Gasteiger partial charge on any atom is -0.340 e. The molecule has 1 aromatic rings. The van der Waals surface area contributed by atoms with Crippen LogP contribution in [0.3, 0.4) is 0 Å². The lowest BCUT2D eigenvalue weighted by Crippen LogP contribution is -2.52. The summed E-state index contributed by atoms with van der Waals surface area (Å²) in [5.74, 6) is -0.450. The van der Waals surface area contributed by atoms with Crippen LogP contribution in [-0.2, 0) is 21.4 Å². The zero-order valence-electron chi connectivity index (χ0n) is 10.8. The highest BCUT2D eigenvalue weighted by molar-refractivity contribution is 7.86. The topological polar surface area (TPSA) is 83.7 Å². The average molecular weight is 301 g/mol. The van der Waals surface area contributed by atoms with Gasteiger partial charge in [-0.1, -0.05) is 12.1 Å². The molecule has 0 aliphatic carbocycles. The summed E-state index contributed by atoms with van der Waals surface area (Å²) >= 11 is 0. The quantitative estimate of drug-likeness (QED) is 0.833. The van der Waals surface area contributed by atoms with E-state index in [2.05, 4.69) is 0 Å². The van der Waals surface area contributed by atoms with Gasteiger partial charge in [0.05, 0.1) is 6.42 Å². The Morgan fingerprint density at radius 1 is 1.15 bits per heavy atom. The van der Waals surface area contributed by atoms with Gasteiger partial charge in [-0.2, -0.15) is 12.7 Å². The predicted molar refractivity (Wildman–Crippen MR) is 71.4 cm³/mol. The molecule has 0 saturated carbocycles. The second kappa shape index (κ2) is 5.86. The lowest BCUT2D eigenvalue weighted by Gasteiger charge is -2.33. The van der Waals surface area contributed by atoms with Crippen LogP contribution in [0.4, 0.5) is 4.39 Å². The fourth-order valence-corrected chi connectivity index (χ4v) is 2.75. The number of carbonyl (C=O) groups is 1. The Labute approximate surface area is 117 Å². The normalized spacial score (nSPS) is 17.2. The van der Waals surface area contributed by atoms with Crippen LogP contribution in [0.15, 0.2) is 24.3 Å². The first kappa shape index (κ1) is 14.9. The van der Waals surface area contributed by atoms with Crippen molar-refractivity contribution in [3.63, 3.8) is 0 Å². The highest BCUT2D eigenvalue weighted by atomic mass is 32.2. The van der Waals surface area contributed by atoms with Crippen LogP contribution in [0, 0.1) is 5.82 Å². The van der Waals surface area contributed by atoms with Gasteiger partial charge in [0.2, 0.25) is 5.91 Å². The molecule has 1 amide bonds. The molecule has 6 nitrogen and oxygen atoms in total. The summed E-state index contributed by atoms with van der Waals surface area (Å²) in [6.07, 6.45) is 0.176. The number of carbonyl (C=O) groups excluding carboxylic acids is 1. The molecule has 1 heterocycles. The molecule has 1 fully saturated rings. The van der Waals surface area contributed by atoms with Gasteiger partial charge in [0.25, 0.3) is 10.2 Å². The van der Waals surface area contributed by atoms with Crippen LogP contribution in [0.5, 0.6) is 0 Å². The van der Waals surface area contributed by atoms with Crippen molar-refractivity contribution in [2.45, 2.75) is 6.42 Å². The highest BCUT2D eigenvalue weighted by Gasteiger charge is 2.26. The van der Waals surface area contributed by atoms with Crippen LogP contribution in [0.1, 0.15) is 5.56 Å². The maximum absolute atomic E-state index is 12.8. The summed E-state index contributed by atoms with van der Waals surface area (Å²) in [5.41, 5.74) is 0.727. The number of piperazine rings is 1. The SMILES string of the molecule is NS(=O)(=O)N1CCN(C(=O)Cc2ccc(F)cc2)CC1. The molecule has 0 atom stereocenters. The van der Waals surface area contributed by atoms with Crippen LogP contribution in [0.25, 0.3) is 0 Å². The lowest BCUT2D eigenvalue weighted by molar-refractivity contribution is -0.131. The first-order valence-corrected chi connectivity index (χ1v) is 7.66. The van der Waals surface area contributed by atoms with Crippen molar-refractivity contribution in [1.82, 2.24) is 9.21 Å². The van der Waals surface area contributed by atoms with Gasteiger partial charge in [0, 0.05) is 26.2 Å². The number of rotatable bonds is 3. The number of benzene rings is 1. The molecule has 0 spiro atoms. The van der Waals surface area contributed by atoms with Gasteiger partial charge < -0.3 is 4.90 Å². The van der Waals surface area contributed by atoms with Crippen molar-refractivity contribution in [3.05, 3.63) is 35.6 Å². The van der Waals surface area contributed by atoms with Crippen LogP contribution >= 0.6 is 0 Å². The standard InChI is InChI=1S/C12H16FN3O3S/c13-11-3-1-10(2-4-11)9-12(17)15-5-7-16(8-6-15)20(14,18)19/h1-4H,5-9H2,(H2,14,18,19). The Kier molecular flexibility index (Phi) is 4.36. The molecule has 1 aliphatic rings. The molecule has 2 N–H and O–H groups in total. The lowest BCUT2D eigenvalue weighted by atomic mass is 10.1. The van der Waals surface area contributed by atoms with E-state index < -0.39 is 10.2 Å². The number of nitrogens with zero attached hydrogens (tertiary/aromatic N) is 2. The Morgan fingerprint density at radius 2 is 1.70 bits per heavy atom. The second-order valence-corrected chi connectivity index (χ2v) is 6.17. The minimum atomic E-state index is -3.68. The van der Waals surface area contributed by atoms with Crippen LogP contribution in [0.2, 0.25) is 0 Å². The van der Waals surface area contributed by atoms with E-state index in [9.17, 15) is 17.6 Å². The van der Waals surface area contributed by atoms with E-state index in [0.717, 1.165) is 9.87 Å². The number of halogens is 1. The molecule has 1 saturated heterocycles. The van der Waals surface area contributed by atoms with Crippen LogP contribution in [-0.4, -0.2) is 49.7 Å². The fraction of sp³-hybridized carbons (Fsp3) is 0.417. The van der Waals surface area contributed by atoms with E-state index in [0.29, 0.717) is 13.1 Å². The third kappa shape index (κ3) is 3.75. The molecule has 0 aromatic heterocycles. The van der Waals surface area contributed by atoms with Gasteiger partial charge in [-0.25, -0.2) is 9.53 Å². The molecule has 20 heavy (non-hydrogen) atoms. The number of nitrogens with two attached hydrogens (primary N) is 1. The average Bonchev–Trinajstić information content (AvgIpc) is 2.40. The van der Waals surface area contributed by atoms with Crippen molar-refractivity contribution in [3.8, 4) is 0 Å². The predicted octanol–water partition coefficient (Wildman–Crippen LogP) is -0.284. The van der Waals surface area contributed by atoms with Crippen molar-refractivity contribution in [2.75, 3.05) is 26.2 Å². The van der Waals surface area contributed by atoms with Gasteiger partial charge >= 0.3 is 0 Å². The molecule has 0 bridgehead atoms. The Balaban J connectivity index is 1.90. The van der Waals surface area contributed by atoms with E-state index in [4.69, 9.17) is 5.14 Å². The van der Waals surface area contributed by atoms with Crippen LogP contribution < -0.4 is 5.14 Å². The van der Waals surface area contributed by atoms with E-state index in [1.807, 2.05) is 0 Å². The smallest absolute Gasteiger partial charge is 0.277 e. The molecular weight excluding hydrogens is 285 g/mol. The maximum Gasteiger partial charge on any atom is 0.277 e. The molecule has 1 aliphatic heterocycles. The van der Waals surface area contributed by atoms with Gasteiger partial charge in [-0.15, -0.1) is 0 Å². The zero-order valence-corrected chi connectivity index (χ0v) is 11.6. The highest BCUT2D eigenvalue weighted by Crippen LogP contribution is 2.09. The Morgan fingerprint density at radius 3 is 2.20 bits per heavy atom. The van der Waals surface area contributed by atoms with E-state index in [1.54, 1.807) is 17.0 Å². The molecule has 0 unspecified atom stereocenters. The molecular formula is C12H16FN3O3S. The molecule has 110 valence electrons. The summed E-state index contributed by atoms with van der Waals surface area (Å²) in [7, 11) is -3.68. The van der Waals surface area contributed by atoms with Crippen molar-refractivity contribution in [2.24, 2.45) is 5.14 Å². The second-order valence-electron chi connectivity index (χ2n) is 4.63. The van der Waals surface area contributed by atoms with E-state index >= 15 is 0 Å². The monoisotopic (exact) mass is 301 g/mol. The van der Waals surface area contributed by atoms with E-state index in [1.165, 1.54) is 12.1 Å². The van der Waals surface area contributed by atoms with Crippen molar-refractivity contribution >= 4 is 16.1 Å².